The summed E-state index contributed by atoms with van der Waals surface area (Å²) >= 11 is 0. The van der Waals surface area contributed by atoms with E-state index in [-0.39, 0.29) is 12.5 Å². The van der Waals surface area contributed by atoms with Crippen LogP contribution < -0.4 is 15.0 Å². The third kappa shape index (κ3) is 5.19. The van der Waals surface area contributed by atoms with E-state index in [0.29, 0.717) is 18.9 Å². The van der Waals surface area contributed by atoms with Gasteiger partial charge in [-0.15, -0.1) is 10.2 Å². The Balaban J connectivity index is 1.38. The van der Waals surface area contributed by atoms with Gasteiger partial charge >= 0.3 is 0 Å². The second-order valence-electron chi connectivity index (χ2n) is 7.49. The minimum atomic E-state index is -0.216. The van der Waals surface area contributed by atoms with Gasteiger partial charge in [0.05, 0.1) is 18.9 Å². The third-order valence-corrected chi connectivity index (χ3v) is 5.34. The van der Waals surface area contributed by atoms with Crippen LogP contribution in [0.5, 0.6) is 5.75 Å². The highest BCUT2D eigenvalue weighted by Crippen LogP contribution is 2.23. The standard InChI is InChI=1S/C24H26N4O3/c1-17-5-3-8-22(18(17)2)31-16-24(29)25-20-7-4-6-19(15-20)21-9-10-23(27-26-21)28-11-13-30-14-12-28/h3-10,15H,11-14,16H2,1-2H3,(H,25,29). The van der Waals surface area contributed by atoms with Crippen molar-refractivity contribution in [2.45, 2.75) is 13.8 Å². The molecule has 0 aliphatic carbocycles. The van der Waals surface area contributed by atoms with Crippen LogP contribution in [-0.2, 0) is 9.53 Å². The average Bonchev–Trinajstić information content (AvgIpc) is 2.81. The molecule has 0 spiro atoms. The Hall–Kier alpha value is -3.45. The van der Waals surface area contributed by atoms with Gasteiger partial charge in [-0.3, -0.25) is 4.79 Å². The summed E-state index contributed by atoms with van der Waals surface area (Å²) in [6.07, 6.45) is 0. The summed E-state index contributed by atoms with van der Waals surface area (Å²) in [4.78, 5) is 14.5. The zero-order valence-corrected chi connectivity index (χ0v) is 17.8. The van der Waals surface area contributed by atoms with Crippen molar-refractivity contribution in [3.05, 3.63) is 65.7 Å². The molecule has 1 aliphatic rings. The first-order chi connectivity index (χ1) is 15.1. The first-order valence-electron chi connectivity index (χ1n) is 10.4. The van der Waals surface area contributed by atoms with Crippen LogP contribution in [0.1, 0.15) is 11.1 Å². The molecule has 160 valence electrons. The number of aromatic nitrogens is 2. The number of benzene rings is 2. The molecule has 3 aromatic rings. The van der Waals surface area contributed by atoms with Crippen LogP contribution in [0.2, 0.25) is 0 Å². The van der Waals surface area contributed by atoms with E-state index >= 15 is 0 Å². The molecule has 7 heteroatoms. The Kier molecular flexibility index (Phi) is 6.43. The van der Waals surface area contributed by atoms with E-state index in [0.717, 1.165) is 47.0 Å². The third-order valence-electron chi connectivity index (χ3n) is 5.34. The number of carbonyl (C=O) groups is 1. The van der Waals surface area contributed by atoms with E-state index in [1.807, 2.05) is 68.4 Å². The zero-order chi connectivity index (χ0) is 21.6. The molecule has 1 N–H and O–H groups in total. The maximum absolute atomic E-state index is 12.4. The van der Waals surface area contributed by atoms with Crippen LogP contribution in [-0.4, -0.2) is 49.0 Å². The lowest BCUT2D eigenvalue weighted by Crippen LogP contribution is -2.36. The van der Waals surface area contributed by atoms with Gasteiger partial charge in [-0.1, -0.05) is 24.3 Å². The number of morpholine rings is 1. The van der Waals surface area contributed by atoms with E-state index < -0.39 is 0 Å². The van der Waals surface area contributed by atoms with E-state index in [1.165, 1.54) is 0 Å². The highest BCUT2D eigenvalue weighted by atomic mass is 16.5. The first-order valence-corrected chi connectivity index (χ1v) is 10.4. The predicted octanol–water partition coefficient (Wildman–Crippen LogP) is 3.61. The van der Waals surface area contributed by atoms with Gasteiger partial charge < -0.3 is 19.7 Å². The molecule has 2 heterocycles. The second kappa shape index (κ2) is 9.57. The predicted molar refractivity (Wildman–Crippen MR) is 121 cm³/mol. The average molecular weight is 418 g/mol. The van der Waals surface area contributed by atoms with Crippen LogP contribution in [0.4, 0.5) is 11.5 Å². The normalized spacial score (nSPS) is 13.7. The summed E-state index contributed by atoms with van der Waals surface area (Å²) < 4.78 is 11.1. The van der Waals surface area contributed by atoms with Gasteiger partial charge in [0.1, 0.15) is 5.75 Å². The molecule has 0 atom stereocenters. The van der Waals surface area contributed by atoms with Gasteiger partial charge in [-0.25, -0.2) is 0 Å². The number of hydrogen-bond donors (Lipinski definition) is 1. The number of hydrogen-bond acceptors (Lipinski definition) is 6. The molecule has 1 aliphatic heterocycles. The molecule has 1 fully saturated rings. The van der Waals surface area contributed by atoms with Crippen molar-refractivity contribution in [2.75, 3.05) is 43.1 Å². The number of amides is 1. The van der Waals surface area contributed by atoms with Crippen molar-refractivity contribution in [3.8, 4) is 17.0 Å². The van der Waals surface area contributed by atoms with Crippen LogP contribution in [0.25, 0.3) is 11.3 Å². The molecule has 1 saturated heterocycles. The number of nitrogens with one attached hydrogen (secondary N) is 1. The number of rotatable bonds is 6. The summed E-state index contributed by atoms with van der Waals surface area (Å²) in [7, 11) is 0. The smallest absolute Gasteiger partial charge is 0.262 e. The highest BCUT2D eigenvalue weighted by molar-refractivity contribution is 5.92. The van der Waals surface area contributed by atoms with Crippen molar-refractivity contribution in [1.29, 1.82) is 0 Å². The molecule has 2 aromatic carbocycles. The van der Waals surface area contributed by atoms with Crippen molar-refractivity contribution in [1.82, 2.24) is 10.2 Å². The number of carbonyl (C=O) groups excluding carboxylic acids is 1. The molecule has 1 aromatic heterocycles. The molecule has 4 rings (SSSR count). The fraction of sp³-hybridized carbons (Fsp3) is 0.292. The van der Waals surface area contributed by atoms with Crippen molar-refractivity contribution in [2.24, 2.45) is 0 Å². The summed E-state index contributed by atoms with van der Waals surface area (Å²) in [6.45, 7) is 7.00. The van der Waals surface area contributed by atoms with Crippen LogP contribution in [0.3, 0.4) is 0 Å². The fourth-order valence-electron chi connectivity index (χ4n) is 3.42. The van der Waals surface area contributed by atoms with Crippen LogP contribution in [0, 0.1) is 13.8 Å². The van der Waals surface area contributed by atoms with E-state index in [9.17, 15) is 4.79 Å². The Labute approximate surface area is 182 Å². The minimum absolute atomic E-state index is 0.0530. The summed E-state index contributed by atoms with van der Waals surface area (Å²) in [5.41, 5.74) is 4.49. The lowest BCUT2D eigenvalue weighted by Gasteiger charge is -2.27. The molecule has 0 saturated carbocycles. The molecule has 0 bridgehead atoms. The van der Waals surface area contributed by atoms with E-state index in [2.05, 4.69) is 20.4 Å². The van der Waals surface area contributed by atoms with Gasteiger partial charge in [0.2, 0.25) is 0 Å². The monoisotopic (exact) mass is 418 g/mol. The molecule has 31 heavy (non-hydrogen) atoms. The molecular formula is C24H26N4O3. The molecule has 0 unspecified atom stereocenters. The van der Waals surface area contributed by atoms with Crippen molar-refractivity contribution < 1.29 is 14.3 Å². The molecule has 1 amide bonds. The topological polar surface area (TPSA) is 76.6 Å². The maximum atomic E-state index is 12.4. The number of anilines is 2. The van der Waals surface area contributed by atoms with Crippen molar-refractivity contribution >= 4 is 17.4 Å². The minimum Gasteiger partial charge on any atom is -0.483 e. The van der Waals surface area contributed by atoms with Gasteiger partial charge in [0.15, 0.2) is 12.4 Å². The van der Waals surface area contributed by atoms with Gasteiger partial charge in [0, 0.05) is 24.3 Å². The van der Waals surface area contributed by atoms with Gasteiger partial charge in [-0.2, -0.15) is 0 Å². The zero-order valence-electron chi connectivity index (χ0n) is 17.8. The van der Waals surface area contributed by atoms with Gasteiger partial charge in [0.25, 0.3) is 5.91 Å². The number of nitrogens with zero attached hydrogens (tertiary/aromatic N) is 3. The Morgan fingerprint density at radius 2 is 1.87 bits per heavy atom. The summed E-state index contributed by atoms with van der Waals surface area (Å²) in [6, 6.07) is 17.3. The van der Waals surface area contributed by atoms with Crippen LogP contribution in [0.15, 0.2) is 54.6 Å². The Morgan fingerprint density at radius 1 is 1.06 bits per heavy atom. The molecular weight excluding hydrogens is 392 g/mol. The lowest BCUT2D eigenvalue weighted by molar-refractivity contribution is -0.118. The van der Waals surface area contributed by atoms with Gasteiger partial charge in [-0.05, 0) is 55.3 Å². The number of aryl methyl sites for hydroxylation is 1. The largest absolute Gasteiger partial charge is 0.483 e. The summed E-state index contributed by atoms with van der Waals surface area (Å²) in [5.74, 6) is 1.35. The van der Waals surface area contributed by atoms with E-state index in [1.54, 1.807) is 0 Å². The van der Waals surface area contributed by atoms with Crippen LogP contribution >= 0.6 is 0 Å². The molecule has 0 radical (unpaired) electrons. The summed E-state index contributed by atoms with van der Waals surface area (Å²) in [5, 5.41) is 11.6. The Bertz CT molecular complexity index is 1050. The molecule has 7 nitrogen and oxygen atoms in total. The highest BCUT2D eigenvalue weighted by Gasteiger charge is 2.13. The maximum Gasteiger partial charge on any atom is 0.262 e. The van der Waals surface area contributed by atoms with E-state index in [4.69, 9.17) is 9.47 Å². The fourth-order valence-corrected chi connectivity index (χ4v) is 3.42. The second-order valence-corrected chi connectivity index (χ2v) is 7.49. The lowest BCUT2D eigenvalue weighted by atomic mass is 10.1. The Morgan fingerprint density at radius 3 is 2.65 bits per heavy atom. The number of ether oxygens (including phenoxy) is 2. The SMILES string of the molecule is Cc1cccc(OCC(=O)Nc2cccc(-c3ccc(N4CCOCC4)nn3)c2)c1C. The van der Waals surface area contributed by atoms with Crippen molar-refractivity contribution in [3.63, 3.8) is 0 Å². The quantitative estimate of drug-likeness (QED) is 0.659. The first kappa shape index (κ1) is 20.8.